The number of rotatable bonds is 1. The number of nitrogen functional groups attached to an aromatic ring is 1. The van der Waals surface area contributed by atoms with Crippen molar-refractivity contribution in [2.45, 2.75) is 6.92 Å². The smallest absolute Gasteiger partial charge is 0.157 e. The Kier molecular flexibility index (Phi) is 2.56. The predicted octanol–water partition coefficient (Wildman–Crippen LogP) is 3.28. The molecule has 3 aromatic rings. The second kappa shape index (κ2) is 4.10. The van der Waals surface area contributed by atoms with Crippen molar-refractivity contribution in [1.82, 2.24) is 15.0 Å². The molecule has 0 fully saturated rings. The van der Waals surface area contributed by atoms with Crippen LogP contribution in [0, 0.1) is 6.92 Å². The highest BCUT2D eigenvalue weighted by molar-refractivity contribution is 9.10. The minimum atomic E-state index is 0.648. The maximum atomic E-state index is 5.95. The van der Waals surface area contributed by atoms with Crippen molar-refractivity contribution in [3.8, 4) is 11.5 Å². The third kappa shape index (κ3) is 1.86. The lowest BCUT2D eigenvalue weighted by atomic mass is 10.3. The van der Waals surface area contributed by atoms with Gasteiger partial charge in [-0.3, -0.25) is 0 Å². The van der Waals surface area contributed by atoms with Crippen LogP contribution in [-0.2, 0) is 0 Å². The number of hydrogen-bond acceptors (Lipinski definition) is 3. The quantitative estimate of drug-likeness (QED) is 0.678. The fourth-order valence-electron chi connectivity index (χ4n) is 1.90. The summed E-state index contributed by atoms with van der Waals surface area (Å²) < 4.78 is 0.930. The minimum Gasteiger partial charge on any atom is -0.397 e. The van der Waals surface area contributed by atoms with Crippen molar-refractivity contribution in [2.24, 2.45) is 0 Å². The number of pyridine rings is 1. The van der Waals surface area contributed by atoms with Crippen molar-refractivity contribution < 1.29 is 0 Å². The molecule has 2 heterocycles. The zero-order valence-corrected chi connectivity index (χ0v) is 11.3. The highest BCUT2D eigenvalue weighted by Crippen LogP contribution is 2.27. The number of anilines is 1. The summed E-state index contributed by atoms with van der Waals surface area (Å²) >= 11 is 3.42. The number of nitrogens with one attached hydrogen (secondary N) is 1. The molecular weight excluding hydrogens is 292 g/mol. The van der Waals surface area contributed by atoms with Crippen LogP contribution in [0.3, 0.4) is 0 Å². The second-order valence-corrected chi connectivity index (χ2v) is 5.06. The molecule has 2 aromatic heterocycles. The number of aromatic amines is 1. The number of aromatic nitrogens is 3. The average molecular weight is 303 g/mol. The first-order valence-corrected chi connectivity index (χ1v) is 6.31. The maximum Gasteiger partial charge on any atom is 0.157 e. The molecule has 0 bridgehead atoms. The summed E-state index contributed by atoms with van der Waals surface area (Å²) in [6, 6.07) is 9.64. The molecule has 90 valence electrons. The van der Waals surface area contributed by atoms with Crippen molar-refractivity contribution >= 4 is 32.7 Å². The molecule has 0 amide bonds. The van der Waals surface area contributed by atoms with Crippen molar-refractivity contribution in [3.63, 3.8) is 0 Å². The molecule has 0 atom stereocenters. The Morgan fingerprint density at radius 2 is 2.06 bits per heavy atom. The van der Waals surface area contributed by atoms with Crippen LogP contribution in [0.5, 0.6) is 0 Å². The van der Waals surface area contributed by atoms with E-state index in [1.807, 2.05) is 37.3 Å². The number of fused-ring (bicyclic) bond motifs is 1. The molecule has 0 saturated carbocycles. The summed E-state index contributed by atoms with van der Waals surface area (Å²) in [5, 5.41) is 0. The summed E-state index contributed by atoms with van der Waals surface area (Å²) in [7, 11) is 0. The first-order valence-electron chi connectivity index (χ1n) is 5.52. The molecule has 3 rings (SSSR count). The molecule has 0 aliphatic heterocycles. The Balaban J connectivity index is 2.22. The number of aryl methyl sites for hydroxylation is 1. The van der Waals surface area contributed by atoms with E-state index in [-0.39, 0.29) is 0 Å². The summed E-state index contributed by atoms with van der Waals surface area (Å²) in [6.45, 7) is 1.96. The number of nitrogens with zero attached hydrogens (tertiary/aromatic N) is 2. The van der Waals surface area contributed by atoms with E-state index in [0.29, 0.717) is 5.69 Å². The van der Waals surface area contributed by atoms with E-state index in [0.717, 1.165) is 32.7 Å². The van der Waals surface area contributed by atoms with E-state index < -0.39 is 0 Å². The summed E-state index contributed by atoms with van der Waals surface area (Å²) in [6.07, 6.45) is 0. The van der Waals surface area contributed by atoms with E-state index in [1.54, 1.807) is 0 Å². The number of benzene rings is 1. The fraction of sp³-hybridized carbons (Fsp3) is 0.0769. The topological polar surface area (TPSA) is 67.6 Å². The molecule has 0 saturated heterocycles. The molecule has 1 aromatic carbocycles. The first-order chi connectivity index (χ1) is 8.63. The van der Waals surface area contributed by atoms with Gasteiger partial charge >= 0.3 is 0 Å². The third-order valence-corrected chi connectivity index (χ3v) is 3.17. The van der Waals surface area contributed by atoms with Crippen LogP contribution in [0.15, 0.2) is 34.8 Å². The van der Waals surface area contributed by atoms with Gasteiger partial charge in [-0.25, -0.2) is 9.97 Å². The zero-order valence-electron chi connectivity index (χ0n) is 9.74. The first kappa shape index (κ1) is 11.2. The van der Waals surface area contributed by atoms with Crippen LogP contribution in [0.25, 0.3) is 22.6 Å². The molecule has 3 N–H and O–H groups in total. The molecule has 0 unspecified atom stereocenters. The molecule has 0 spiro atoms. The van der Waals surface area contributed by atoms with E-state index in [4.69, 9.17) is 5.73 Å². The third-order valence-electron chi connectivity index (χ3n) is 2.71. The SMILES string of the molecule is Cc1cccc(-c2nc3c(N)cc(Br)cc3[nH]2)n1. The van der Waals surface area contributed by atoms with Crippen LogP contribution >= 0.6 is 15.9 Å². The molecule has 18 heavy (non-hydrogen) atoms. The van der Waals surface area contributed by atoms with Crippen LogP contribution in [0.1, 0.15) is 5.69 Å². The monoisotopic (exact) mass is 302 g/mol. The van der Waals surface area contributed by atoms with Gasteiger partial charge in [-0.1, -0.05) is 22.0 Å². The summed E-state index contributed by atoms with van der Waals surface area (Å²) in [5.74, 6) is 0.735. The standard InChI is InChI=1S/C13H11BrN4/c1-7-3-2-4-10(16-7)13-17-11-6-8(14)5-9(15)12(11)18-13/h2-6H,15H2,1H3,(H,17,18). The molecule has 4 nitrogen and oxygen atoms in total. The normalized spacial score (nSPS) is 11.0. The molecule has 5 heteroatoms. The van der Waals surface area contributed by atoms with Gasteiger partial charge in [0.25, 0.3) is 0 Å². The number of nitrogens with two attached hydrogens (primary N) is 1. The lowest BCUT2D eigenvalue weighted by molar-refractivity contribution is 1.17. The number of halogens is 1. The number of hydrogen-bond donors (Lipinski definition) is 2. The van der Waals surface area contributed by atoms with Gasteiger partial charge < -0.3 is 10.7 Å². The van der Waals surface area contributed by atoms with Gasteiger partial charge in [0.1, 0.15) is 11.2 Å². The highest BCUT2D eigenvalue weighted by atomic mass is 79.9. The molecule has 0 aliphatic rings. The van der Waals surface area contributed by atoms with Crippen LogP contribution < -0.4 is 5.73 Å². The maximum absolute atomic E-state index is 5.95. The van der Waals surface area contributed by atoms with Gasteiger partial charge in [-0.15, -0.1) is 0 Å². The Hall–Kier alpha value is -1.88. The van der Waals surface area contributed by atoms with E-state index in [1.165, 1.54) is 0 Å². The van der Waals surface area contributed by atoms with Crippen molar-refractivity contribution in [3.05, 3.63) is 40.5 Å². The van der Waals surface area contributed by atoms with Crippen LogP contribution in [-0.4, -0.2) is 15.0 Å². The van der Waals surface area contributed by atoms with Gasteiger partial charge in [-0.2, -0.15) is 0 Å². The Morgan fingerprint density at radius 3 is 2.83 bits per heavy atom. The Labute approximate surface area is 112 Å². The van der Waals surface area contributed by atoms with Crippen LogP contribution in [0.4, 0.5) is 5.69 Å². The number of H-pyrrole nitrogens is 1. The minimum absolute atomic E-state index is 0.648. The Morgan fingerprint density at radius 1 is 1.22 bits per heavy atom. The van der Waals surface area contributed by atoms with Gasteiger partial charge in [0.05, 0.1) is 11.2 Å². The molecule has 0 aliphatic carbocycles. The average Bonchev–Trinajstić information content (AvgIpc) is 2.73. The lowest BCUT2D eigenvalue weighted by Crippen LogP contribution is -1.88. The van der Waals surface area contributed by atoms with Crippen LogP contribution in [0.2, 0.25) is 0 Å². The Bertz CT molecular complexity index is 733. The number of imidazole rings is 1. The fourth-order valence-corrected chi connectivity index (χ4v) is 2.38. The predicted molar refractivity (Wildman–Crippen MR) is 76.2 cm³/mol. The van der Waals surface area contributed by atoms with Crippen molar-refractivity contribution in [1.29, 1.82) is 0 Å². The van der Waals surface area contributed by atoms with Crippen molar-refractivity contribution in [2.75, 3.05) is 5.73 Å². The van der Waals surface area contributed by atoms with Gasteiger partial charge in [-0.05, 0) is 31.2 Å². The molecular formula is C13H11BrN4. The van der Waals surface area contributed by atoms with Gasteiger partial charge in [0.15, 0.2) is 5.82 Å². The van der Waals surface area contributed by atoms with Gasteiger partial charge in [0.2, 0.25) is 0 Å². The lowest BCUT2D eigenvalue weighted by Gasteiger charge is -1.96. The van der Waals surface area contributed by atoms with E-state index in [2.05, 4.69) is 30.9 Å². The van der Waals surface area contributed by atoms with E-state index in [9.17, 15) is 0 Å². The van der Waals surface area contributed by atoms with E-state index >= 15 is 0 Å². The summed E-state index contributed by atoms with van der Waals surface area (Å²) in [4.78, 5) is 12.2. The summed E-state index contributed by atoms with van der Waals surface area (Å²) in [5.41, 5.74) is 10.1. The zero-order chi connectivity index (χ0) is 12.7. The molecule has 0 radical (unpaired) electrons. The second-order valence-electron chi connectivity index (χ2n) is 4.14. The highest BCUT2D eigenvalue weighted by Gasteiger charge is 2.09. The largest absolute Gasteiger partial charge is 0.397 e. The van der Waals surface area contributed by atoms with Gasteiger partial charge in [0, 0.05) is 10.2 Å².